The summed E-state index contributed by atoms with van der Waals surface area (Å²) in [4.78, 5) is 19.6. The topological polar surface area (TPSA) is 45.2 Å². The summed E-state index contributed by atoms with van der Waals surface area (Å²) in [5.74, 6) is 0.504. The van der Waals surface area contributed by atoms with Gasteiger partial charge in [0.2, 0.25) is 5.91 Å². The number of amides is 1. The fourth-order valence-corrected chi connectivity index (χ4v) is 6.03. The molecule has 0 saturated heterocycles. The van der Waals surface area contributed by atoms with Gasteiger partial charge in [0.15, 0.2) is 0 Å². The average molecular weight is 462 g/mol. The Kier molecular flexibility index (Phi) is 6.99. The number of fused-ring (bicyclic) bond motifs is 2. The molecule has 0 aromatic carbocycles. The number of nitrogens with zero attached hydrogens (tertiary/aromatic N) is 2. The molecule has 33 heavy (non-hydrogen) atoms. The fraction of sp³-hybridized carbons (Fsp3) is 0.615. The largest absolute Gasteiger partial charge is 0.417 e. The van der Waals surface area contributed by atoms with Crippen LogP contribution in [0.4, 0.5) is 13.2 Å². The first kappa shape index (κ1) is 24.0. The average Bonchev–Trinajstić information content (AvgIpc) is 3.34. The van der Waals surface area contributed by atoms with E-state index in [1.165, 1.54) is 11.6 Å². The smallest absolute Gasteiger partial charge is 0.337 e. The van der Waals surface area contributed by atoms with Crippen molar-refractivity contribution < 1.29 is 18.0 Å². The zero-order chi connectivity index (χ0) is 23.6. The number of hydrogen-bond acceptors (Lipinski definition) is 3. The van der Waals surface area contributed by atoms with Crippen molar-refractivity contribution in [3.63, 3.8) is 0 Å². The van der Waals surface area contributed by atoms with Gasteiger partial charge in [0.05, 0.1) is 11.0 Å². The van der Waals surface area contributed by atoms with E-state index in [1.54, 1.807) is 4.90 Å². The van der Waals surface area contributed by atoms with E-state index in [4.69, 9.17) is 0 Å². The molecule has 3 aliphatic rings. The molecule has 0 spiro atoms. The van der Waals surface area contributed by atoms with Gasteiger partial charge < -0.3 is 10.2 Å². The van der Waals surface area contributed by atoms with Crippen LogP contribution >= 0.6 is 0 Å². The maximum absolute atomic E-state index is 13.8. The lowest BCUT2D eigenvalue weighted by Gasteiger charge is -2.37. The summed E-state index contributed by atoms with van der Waals surface area (Å²) in [6.07, 6.45) is 9.01. The van der Waals surface area contributed by atoms with Crippen LogP contribution in [0, 0.1) is 11.3 Å². The monoisotopic (exact) mass is 461 g/mol. The third-order valence-electron chi connectivity index (χ3n) is 7.74. The van der Waals surface area contributed by atoms with Crippen molar-refractivity contribution in [3.05, 3.63) is 52.9 Å². The zero-order valence-corrected chi connectivity index (χ0v) is 19.5. The Labute approximate surface area is 194 Å². The summed E-state index contributed by atoms with van der Waals surface area (Å²) in [6.45, 7) is 5.79. The highest BCUT2D eigenvalue weighted by atomic mass is 19.4. The molecule has 4 rings (SSSR count). The third kappa shape index (κ3) is 5.03. The first-order valence-electron chi connectivity index (χ1n) is 12.1. The SMILES string of the molecule is C/C=C\C=C(/C)CCNC1CC2CCCC2(C(=O)N2CCc3ncc(C(F)(F)F)cc3C2)C1. The number of hydrogen-bond donors (Lipinski definition) is 1. The Morgan fingerprint density at radius 3 is 2.97 bits per heavy atom. The number of pyridine rings is 1. The molecule has 7 heteroatoms. The number of nitrogens with one attached hydrogen (secondary N) is 1. The second-order valence-corrected chi connectivity index (χ2v) is 9.93. The van der Waals surface area contributed by atoms with E-state index in [-0.39, 0.29) is 17.9 Å². The Hall–Kier alpha value is -2.15. The van der Waals surface area contributed by atoms with Gasteiger partial charge in [-0.15, -0.1) is 0 Å². The van der Waals surface area contributed by atoms with Crippen LogP contribution in [0.1, 0.15) is 69.2 Å². The molecular formula is C26H34F3N3O. The van der Waals surface area contributed by atoms with Crippen molar-refractivity contribution in [1.29, 1.82) is 0 Å². The van der Waals surface area contributed by atoms with Crippen LogP contribution in [-0.2, 0) is 23.9 Å². The van der Waals surface area contributed by atoms with Gasteiger partial charge in [-0.3, -0.25) is 9.78 Å². The van der Waals surface area contributed by atoms with Crippen LogP contribution in [0.5, 0.6) is 0 Å². The summed E-state index contributed by atoms with van der Waals surface area (Å²) in [5.41, 5.74) is 1.44. The van der Waals surface area contributed by atoms with Gasteiger partial charge in [-0.1, -0.05) is 30.2 Å². The lowest BCUT2D eigenvalue weighted by Crippen LogP contribution is -2.47. The molecule has 1 aromatic rings. The second-order valence-electron chi connectivity index (χ2n) is 9.93. The minimum atomic E-state index is -4.42. The Balaban J connectivity index is 1.42. The van der Waals surface area contributed by atoms with Gasteiger partial charge >= 0.3 is 6.18 Å². The molecule has 2 saturated carbocycles. The van der Waals surface area contributed by atoms with Crippen molar-refractivity contribution in [2.45, 2.75) is 77.6 Å². The van der Waals surface area contributed by atoms with Gasteiger partial charge in [0.25, 0.3) is 0 Å². The number of alkyl halides is 3. The second kappa shape index (κ2) is 9.61. The number of rotatable bonds is 6. The van der Waals surface area contributed by atoms with E-state index < -0.39 is 11.7 Å². The van der Waals surface area contributed by atoms with E-state index in [0.29, 0.717) is 36.2 Å². The standard InChI is InChI=1S/C26H34F3N3O/c1-3-4-6-18(2)8-11-30-22-14-20-7-5-10-25(20,15-22)24(33)32-12-9-23-19(17-32)13-21(16-31-23)26(27,28)29/h3-4,6,13,16,20,22,30H,5,7-12,14-15,17H2,1-2H3/b4-3-,18-6+. The van der Waals surface area contributed by atoms with Gasteiger partial charge in [-0.05, 0) is 70.0 Å². The minimum Gasteiger partial charge on any atom is -0.337 e. The van der Waals surface area contributed by atoms with E-state index in [9.17, 15) is 18.0 Å². The first-order valence-corrected chi connectivity index (χ1v) is 12.1. The number of carbonyl (C=O) groups is 1. The van der Waals surface area contributed by atoms with E-state index in [2.05, 4.69) is 23.3 Å². The molecule has 4 nitrogen and oxygen atoms in total. The molecule has 1 aromatic heterocycles. The highest BCUT2D eigenvalue weighted by molar-refractivity contribution is 5.84. The van der Waals surface area contributed by atoms with E-state index in [0.717, 1.165) is 51.3 Å². The van der Waals surface area contributed by atoms with Crippen LogP contribution in [0.15, 0.2) is 36.1 Å². The lowest BCUT2D eigenvalue weighted by molar-refractivity contribution is -0.144. The van der Waals surface area contributed by atoms with Crippen molar-refractivity contribution >= 4 is 5.91 Å². The number of carbonyl (C=O) groups excluding carboxylic acids is 1. The van der Waals surface area contributed by atoms with Crippen LogP contribution < -0.4 is 5.32 Å². The molecular weight excluding hydrogens is 427 g/mol. The molecule has 1 N–H and O–H groups in total. The highest BCUT2D eigenvalue weighted by Gasteiger charge is 2.56. The number of aromatic nitrogens is 1. The predicted molar refractivity (Wildman–Crippen MR) is 122 cm³/mol. The Bertz CT molecular complexity index is 939. The molecule has 1 amide bonds. The molecule has 2 heterocycles. The molecule has 180 valence electrons. The van der Waals surface area contributed by atoms with Crippen LogP contribution in [0.2, 0.25) is 0 Å². The Morgan fingerprint density at radius 2 is 2.21 bits per heavy atom. The maximum Gasteiger partial charge on any atom is 0.417 e. The van der Waals surface area contributed by atoms with Crippen LogP contribution in [0.25, 0.3) is 0 Å². The molecule has 3 unspecified atom stereocenters. The third-order valence-corrected chi connectivity index (χ3v) is 7.74. The first-order chi connectivity index (χ1) is 15.7. The van der Waals surface area contributed by atoms with Gasteiger partial charge in [0, 0.05) is 37.4 Å². The summed E-state index contributed by atoms with van der Waals surface area (Å²) >= 11 is 0. The molecule has 2 aliphatic carbocycles. The van der Waals surface area contributed by atoms with Crippen LogP contribution in [-0.4, -0.2) is 34.9 Å². The Morgan fingerprint density at radius 1 is 1.39 bits per heavy atom. The van der Waals surface area contributed by atoms with Gasteiger partial charge in [-0.2, -0.15) is 13.2 Å². The summed E-state index contributed by atoms with van der Waals surface area (Å²) in [7, 11) is 0. The molecule has 0 radical (unpaired) electrons. The normalized spacial score (nSPS) is 27.8. The highest BCUT2D eigenvalue weighted by Crippen LogP contribution is 2.55. The van der Waals surface area contributed by atoms with Crippen molar-refractivity contribution in [2.24, 2.45) is 11.3 Å². The molecule has 3 atom stereocenters. The van der Waals surface area contributed by atoms with E-state index in [1.807, 2.05) is 19.1 Å². The number of halogens is 3. The fourth-order valence-electron chi connectivity index (χ4n) is 6.03. The van der Waals surface area contributed by atoms with Crippen LogP contribution in [0.3, 0.4) is 0 Å². The maximum atomic E-state index is 13.8. The van der Waals surface area contributed by atoms with Crippen molar-refractivity contribution in [2.75, 3.05) is 13.1 Å². The summed E-state index contributed by atoms with van der Waals surface area (Å²) in [5, 5.41) is 3.67. The zero-order valence-electron chi connectivity index (χ0n) is 19.5. The summed E-state index contributed by atoms with van der Waals surface area (Å²) in [6, 6.07) is 1.50. The van der Waals surface area contributed by atoms with Crippen molar-refractivity contribution in [1.82, 2.24) is 15.2 Å². The van der Waals surface area contributed by atoms with Crippen molar-refractivity contribution in [3.8, 4) is 0 Å². The van der Waals surface area contributed by atoms with E-state index >= 15 is 0 Å². The molecule has 2 fully saturated rings. The quantitative estimate of drug-likeness (QED) is 0.574. The lowest BCUT2D eigenvalue weighted by atomic mass is 9.78. The van der Waals surface area contributed by atoms with Gasteiger partial charge in [-0.25, -0.2) is 0 Å². The predicted octanol–water partition coefficient (Wildman–Crippen LogP) is 5.44. The summed E-state index contributed by atoms with van der Waals surface area (Å²) < 4.78 is 39.5. The minimum absolute atomic E-state index is 0.140. The van der Waals surface area contributed by atoms with Gasteiger partial charge in [0.1, 0.15) is 0 Å². The molecule has 0 bridgehead atoms. The number of allylic oxidation sites excluding steroid dienone is 3. The molecule has 1 aliphatic heterocycles.